The van der Waals surface area contributed by atoms with Crippen LogP contribution in [0.5, 0.6) is 5.75 Å². The lowest BCUT2D eigenvalue weighted by molar-refractivity contribution is -0.142. The Morgan fingerprint density at radius 2 is 1.92 bits per heavy atom. The van der Waals surface area contributed by atoms with E-state index in [2.05, 4.69) is 55.2 Å². The first-order chi connectivity index (χ1) is 12.4. The normalized spacial score (nSPS) is 14.6. The Hall–Kier alpha value is -1.35. The Kier molecular flexibility index (Phi) is 8.15. The molecule has 0 aromatic heterocycles. The van der Waals surface area contributed by atoms with Crippen LogP contribution in [-0.2, 0) is 14.3 Å². The van der Waals surface area contributed by atoms with Crippen LogP contribution in [0, 0.1) is 18.5 Å². The predicted molar refractivity (Wildman–Crippen MR) is 113 cm³/mol. The number of nitriles is 1. The number of carbonyl (C=O) groups excluding carboxylic acids is 2. The van der Waals surface area contributed by atoms with Gasteiger partial charge >= 0.3 is 5.97 Å². The molecule has 0 unspecified atom stereocenters. The molecule has 1 aliphatic carbocycles. The summed E-state index contributed by atoms with van der Waals surface area (Å²) in [6.07, 6.45) is 5.72. The zero-order valence-corrected chi connectivity index (χ0v) is 18.5. The highest BCUT2D eigenvalue weighted by atomic mass is 127. The first-order valence-corrected chi connectivity index (χ1v) is 10.2. The summed E-state index contributed by atoms with van der Waals surface area (Å²) in [4.78, 5) is 23.5. The molecule has 1 aromatic rings. The van der Waals surface area contributed by atoms with Gasteiger partial charge in [-0.1, -0.05) is 12.8 Å². The second kappa shape index (κ2) is 10.1. The standard InChI is InChI=1S/C18H18I2N2O4/c1-25-16(23)10-26-17-14(19)7-11(8-15(17)20)6-12(9-21)18(24)22-13-4-2-3-5-13/h6-8,13H,2-5,10H2,1H3,(H,22,24)/b12-6-. The van der Waals surface area contributed by atoms with E-state index < -0.39 is 5.97 Å². The van der Waals surface area contributed by atoms with Gasteiger partial charge in [-0.05, 0) is 81.8 Å². The molecule has 0 spiro atoms. The molecular weight excluding hydrogens is 562 g/mol. The van der Waals surface area contributed by atoms with Crippen molar-refractivity contribution in [3.05, 3.63) is 30.4 Å². The number of halogens is 2. The monoisotopic (exact) mass is 580 g/mol. The summed E-state index contributed by atoms with van der Waals surface area (Å²) in [5, 5.41) is 12.3. The quantitative estimate of drug-likeness (QED) is 0.241. The van der Waals surface area contributed by atoms with E-state index in [9.17, 15) is 14.9 Å². The minimum Gasteiger partial charge on any atom is -0.480 e. The van der Waals surface area contributed by atoms with Crippen LogP contribution in [0.2, 0.25) is 0 Å². The molecule has 0 aliphatic heterocycles. The first kappa shape index (κ1) is 21.0. The van der Waals surface area contributed by atoms with E-state index in [0.717, 1.165) is 38.4 Å². The number of nitrogens with one attached hydrogen (secondary N) is 1. The van der Waals surface area contributed by atoms with Gasteiger partial charge in [-0.3, -0.25) is 4.79 Å². The topological polar surface area (TPSA) is 88.4 Å². The Labute approximate surface area is 179 Å². The molecule has 1 saturated carbocycles. The second-order valence-corrected chi connectivity index (χ2v) is 8.13. The van der Waals surface area contributed by atoms with Crippen LogP contribution >= 0.6 is 45.2 Å². The summed E-state index contributed by atoms with van der Waals surface area (Å²) in [7, 11) is 1.30. The zero-order valence-electron chi connectivity index (χ0n) is 14.2. The number of benzene rings is 1. The number of amides is 1. The van der Waals surface area contributed by atoms with Crippen LogP contribution in [0.25, 0.3) is 6.08 Å². The van der Waals surface area contributed by atoms with Crippen LogP contribution in [0.3, 0.4) is 0 Å². The van der Waals surface area contributed by atoms with Gasteiger partial charge in [-0.2, -0.15) is 5.26 Å². The largest absolute Gasteiger partial charge is 0.480 e. The Morgan fingerprint density at radius 3 is 2.46 bits per heavy atom. The van der Waals surface area contributed by atoms with Crippen molar-refractivity contribution in [3.8, 4) is 11.8 Å². The molecule has 1 N–H and O–H groups in total. The number of nitrogens with zero attached hydrogens (tertiary/aromatic N) is 1. The van der Waals surface area contributed by atoms with E-state index in [1.807, 2.05) is 6.07 Å². The number of esters is 1. The molecule has 1 amide bonds. The van der Waals surface area contributed by atoms with Gasteiger partial charge in [0, 0.05) is 6.04 Å². The van der Waals surface area contributed by atoms with Crippen molar-refractivity contribution < 1.29 is 19.1 Å². The van der Waals surface area contributed by atoms with Crippen LogP contribution in [0.4, 0.5) is 0 Å². The van der Waals surface area contributed by atoms with Gasteiger partial charge in [0.1, 0.15) is 17.4 Å². The van der Waals surface area contributed by atoms with Crippen LogP contribution in [0.1, 0.15) is 31.2 Å². The van der Waals surface area contributed by atoms with Crippen molar-refractivity contribution in [2.75, 3.05) is 13.7 Å². The molecule has 2 rings (SSSR count). The summed E-state index contributed by atoms with van der Waals surface area (Å²) in [6, 6.07) is 5.74. The maximum Gasteiger partial charge on any atom is 0.343 e. The summed E-state index contributed by atoms with van der Waals surface area (Å²) < 4.78 is 11.6. The second-order valence-electron chi connectivity index (χ2n) is 5.80. The molecule has 138 valence electrons. The molecule has 1 aromatic carbocycles. The molecule has 0 heterocycles. The van der Waals surface area contributed by atoms with E-state index in [4.69, 9.17) is 4.74 Å². The van der Waals surface area contributed by atoms with Crippen LogP contribution < -0.4 is 10.1 Å². The molecule has 0 saturated heterocycles. The molecule has 8 heteroatoms. The van der Waals surface area contributed by atoms with E-state index >= 15 is 0 Å². The highest BCUT2D eigenvalue weighted by Gasteiger charge is 2.19. The summed E-state index contributed by atoms with van der Waals surface area (Å²) in [6.45, 7) is -0.176. The average Bonchev–Trinajstić information content (AvgIpc) is 3.11. The van der Waals surface area contributed by atoms with Gasteiger partial charge in [0.2, 0.25) is 0 Å². The molecule has 0 bridgehead atoms. The third-order valence-electron chi connectivity index (χ3n) is 3.95. The van der Waals surface area contributed by atoms with E-state index in [1.165, 1.54) is 7.11 Å². The third kappa shape index (κ3) is 5.84. The van der Waals surface area contributed by atoms with Gasteiger partial charge in [-0.15, -0.1) is 0 Å². The average molecular weight is 580 g/mol. The molecule has 0 atom stereocenters. The predicted octanol–water partition coefficient (Wildman–Crippen LogP) is 3.41. The fraction of sp³-hybridized carbons (Fsp3) is 0.389. The number of methoxy groups -OCH3 is 1. The fourth-order valence-corrected chi connectivity index (χ4v) is 4.77. The lowest BCUT2D eigenvalue weighted by Crippen LogP contribution is -2.33. The number of ether oxygens (including phenoxy) is 2. The van der Waals surface area contributed by atoms with Gasteiger partial charge < -0.3 is 14.8 Å². The van der Waals surface area contributed by atoms with E-state index in [1.54, 1.807) is 18.2 Å². The maximum absolute atomic E-state index is 12.3. The van der Waals surface area contributed by atoms with E-state index in [0.29, 0.717) is 5.75 Å². The minimum absolute atomic E-state index is 0.0757. The van der Waals surface area contributed by atoms with Crippen molar-refractivity contribution in [2.24, 2.45) is 0 Å². The first-order valence-electron chi connectivity index (χ1n) is 8.06. The Morgan fingerprint density at radius 1 is 1.31 bits per heavy atom. The lowest BCUT2D eigenvalue weighted by atomic mass is 10.1. The fourth-order valence-electron chi connectivity index (χ4n) is 2.64. The van der Waals surface area contributed by atoms with Crippen LogP contribution in [-0.4, -0.2) is 31.6 Å². The Bertz CT molecular complexity index is 742. The van der Waals surface area contributed by atoms with Gasteiger partial charge in [0.05, 0.1) is 14.3 Å². The van der Waals surface area contributed by atoms with E-state index in [-0.39, 0.29) is 24.1 Å². The minimum atomic E-state index is -0.462. The molecular formula is C18H18I2N2O4. The van der Waals surface area contributed by atoms with Gasteiger partial charge in [0.25, 0.3) is 5.91 Å². The van der Waals surface area contributed by atoms with Gasteiger partial charge in [0.15, 0.2) is 6.61 Å². The van der Waals surface area contributed by atoms with Crippen molar-refractivity contribution in [1.29, 1.82) is 5.26 Å². The summed E-state index contributed by atoms with van der Waals surface area (Å²) >= 11 is 4.18. The number of hydrogen-bond donors (Lipinski definition) is 1. The Balaban J connectivity index is 2.16. The zero-order chi connectivity index (χ0) is 19.1. The third-order valence-corrected chi connectivity index (χ3v) is 5.55. The maximum atomic E-state index is 12.3. The van der Waals surface area contributed by atoms with Crippen molar-refractivity contribution in [3.63, 3.8) is 0 Å². The van der Waals surface area contributed by atoms with Gasteiger partial charge in [-0.25, -0.2) is 4.79 Å². The SMILES string of the molecule is COC(=O)COc1c(I)cc(/C=C(/C#N)C(=O)NC2CCCC2)cc1I. The number of rotatable bonds is 6. The highest BCUT2D eigenvalue weighted by Crippen LogP contribution is 2.30. The number of carbonyl (C=O) groups is 2. The lowest BCUT2D eigenvalue weighted by Gasteiger charge is -2.12. The van der Waals surface area contributed by atoms with Crippen LogP contribution in [0.15, 0.2) is 17.7 Å². The number of hydrogen-bond acceptors (Lipinski definition) is 5. The molecule has 1 aliphatic rings. The molecule has 26 heavy (non-hydrogen) atoms. The molecule has 0 radical (unpaired) electrons. The smallest absolute Gasteiger partial charge is 0.343 e. The summed E-state index contributed by atoms with van der Waals surface area (Å²) in [5.41, 5.74) is 0.800. The molecule has 1 fully saturated rings. The van der Waals surface area contributed by atoms with Crippen molar-refractivity contribution in [2.45, 2.75) is 31.7 Å². The molecule has 6 nitrogen and oxygen atoms in total. The van der Waals surface area contributed by atoms with Crippen molar-refractivity contribution in [1.82, 2.24) is 5.32 Å². The summed E-state index contributed by atoms with van der Waals surface area (Å²) in [5.74, 6) is -0.228. The van der Waals surface area contributed by atoms with Crippen molar-refractivity contribution >= 4 is 63.1 Å². The highest BCUT2D eigenvalue weighted by molar-refractivity contribution is 14.1.